The fraction of sp³-hybridized carbons (Fsp3) is 0.800. The molecule has 0 aromatic carbocycles. The van der Waals surface area contributed by atoms with Crippen LogP contribution in [-0.2, 0) is 19.4 Å². The van der Waals surface area contributed by atoms with Crippen LogP contribution in [0.4, 0.5) is 0 Å². The molecule has 0 atom stereocenters. The van der Waals surface area contributed by atoms with Gasteiger partial charge in [-0.2, -0.15) is 0 Å². The zero-order chi connectivity index (χ0) is 13.4. The van der Waals surface area contributed by atoms with Crippen molar-refractivity contribution in [3.05, 3.63) is 11.4 Å². The third-order valence-electron chi connectivity index (χ3n) is 3.62. The first kappa shape index (κ1) is 16.1. The summed E-state index contributed by atoms with van der Waals surface area (Å²) in [4.78, 5) is 4.91. The van der Waals surface area contributed by atoms with Crippen LogP contribution in [0.1, 0.15) is 70.7 Å². The van der Waals surface area contributed by atoms with Gasteiger partial charge in [0.05, 0.1) is 0 Å². The van der Waals surface area contributed by atoms with Gasteiger partial charge in [0.15, 0.2) is 0 Å². The monoisotopic (exact) mass is 358 g/mol. The van der Waals surface area contributed by atoms with E-state index >= 15 is 0 Å². The third kappa shape index (κ3) is 4.60. The molecule has 104 valence electrons. The van der Waals surface area contributed by atoms with E-state index in [-0.39, 0.29) is 0 Å². The van der Waals surface area contributed by atoms with Crippen LogP contribution in [0.5, 0.6) is 0 Å². The third-order valence-corrected chi connectivity index (χ3v) is 5.79. The number of rotatable bonds is 9. The maximum absolute atomic E-state index is 4.91. The van der Waals surface area contributed by atoms with Crippen molar-refractivity contribution in [2.24, 2.45) is 0 Å². The van der Waals surface area contributed by atoms with Gasteiger partial charge in [-0.15, -0.1) is 0 Å². The van der Waals surface area contributed by atoms with Gasteiger partial charge in [-0.1, -0.05) is 0 Å². The van der Waals surface area contributed by atoms with Gasteiger partial charge in [-0.25, -0.2) is 0 Å². The average Bonchev–Trinajstić information content (AvgIpc) is 2.67. The van der Waals surface area contributed by atoms with Crippen molar-refractivity contribution in [2.75, 3.05) is 0 Å². The van der Waals surface area contributed by atoms with E-state index < -0.39 is 0 Å². The van der Waals surface area contributed by atoms with Crippen molar-refractivity contribution in [2.45, 2.75) is 78.7 Å². The molecule has 0 aliphatic rings. The average molecular weight is 357 g/mol. The molecule has 1 aromatic heterocycles. The topological polar surface area (TPSA) is 17.8 Å². The molecular weight excluding hydrogens is 327 g/mol. The molecule has 0 unspecified atom stereocenters. The minimum atomic E-state index is 0.525. The van der Waals surface area contributed by atoms with Crippen LogP contribution in [0.15, 0.2) is 0 Å². The normalized spacial score (nSPS) is 11.3. The molecule has 1 aromatic rings. The van der Waals surface area contributed by atoms with Crippen molar-refractivity contribution >= 4 is 26.4 Å². The van der Waals surface area contributed by atoms with Gasteiger partial charge in [0.1, 0.15) is 0 Å². The van der Waals surface area contributed by atoms with E-state index in [0.717, 1.165) is 0 Å². The van der Waals surface area contributed by atoms with Crippen molar-refractivity contribution in [1.82, 2.24) is 9.55 Å². The molecule has 3 heteroatoms. The Morgan fingerprint density at radius 1 is 0.944 bits per heavy atom. The van der Waals surface area contributed by atoms with Gasteiger partial charge < -0.3 is 0 Å². The van der Waals surface area contributed by atoms with Crippen LogP contribution in [0, 0.1) is 0 Å². The molecule has 0 spiro atoms. The molecule has 0 N–H and O–H groups in total. The molecule has 2 nitrogen and oxygen atoms in total. The van der Waals surface area contributed by atoms with Crippen molar-refractivity contribution in [3.8, 4) is 0 Å². The molecule has 0 amide bonds. The fourth-order valence-electron chi connectivity index (χ4n) is 2.45. The van der Waals surface area contributed by atoms with Crippen LogP contribution >= 0.6 is 0 Å². The standard InChI is InChI=1S/C15H27N2.Sn.3H/c1-4-7-10-14-15(11-8-5-2)17(13-16-14)12-9-6-3;;;;/h4-12H2,1-3H3;;;;. The molecule has 0 saturated heterocycles. The number of nitrogens with zero attached hydrogens (tertiary/aromatic N) is 2. The van der Waals surface area contributed by atoms with Gasteiger partial charge in [0.2, 0.25) is 0 Å². The molecular formula is C15H30N2Sn. The van der Waals surface area contributed by atoms with Crippen LogP contribution in [0.2, 0.25) is 0 Å². The summed E-state index contributed by atoms with van der Waals surface area (Å²) in [5.74, 6) is 0. The summed E-state index contributed by atoms with van der Waals surface area (Å²) in [6.07, 6.45) is 10.2. The van der Waals surface area contributed by atoms with Gasteiger partial charge in [0, 0.05) is 0 Å². The van der Waals surface area contributed by atoms with Crippen LogP contribution in [0.25, 0.3) is 0 Å². The van der Waals surface area contributed by atoms with E-state index in [9.17, 15) is 0 Å². The van der Waals surface area contributed by atoms with Crippen molar-refractivity contribution < 1.29 is 0 Å². The summed E-state index contributed by atoms with van der Waals surface area (Å²) in [7, 11) is 0. The van der Waals surface area contributed by atoms with E-state index in [4.69, 9.17) is 4.98 Å². The molecule has 0 saturated carbocycles. The van der Waals surface area contributed by atoms with E-state index in [1.165, 1.54) is 67.4 Å². The first-order valence-corrected chi connectivity index (χ1v) is 10.6. The number of aryl methyl sites for hydroxylation is 1. The van der Waals surface area contributed by atoms with E-state index in [1.54, 1.807) is 5.69 Å². The quantitative estimate of drug-likeness (QED) is 0.621. The summed E-state index contributed by atoms with van der Waals surface area (Å²) < 4.78 is 4.00. The molecule has 0 aliphatic carbocycles. The number of unbranched alkanes of at least 4 members (excludes halogenated alkanes) is 3. The Morgan fingerprint density at radius 3 is 2.17 bits per heavy atom. The van der Waals surface area contributed by atoms with Gasteiger partial charge in [-0.05, 0) is 0 Å². The summed E-state index contributed by atoms with van der Waals surface area (Å²) in [6, 6.07) is 0. The summed E-state index contributed by atoms with van der Waals surface area (Å²) in [5, 5.41) is 0. The van der Waals surface area contributed by atoms with Gasteiger partial charge in [0.25, 0.3) is 0 Å². The van der Waals surface area contributed by atoms with E-state index in [1.807, 2.05) is 0 Å². The molecule has 1 rings (SSSR count). The Bertz CT molecular complexity index is 345. The zero-order valence-electron chi connectivity index (χ0n) is 12.8. The molecule has 0 aliphatic heterocycles. The first-order valence-electron chi connectivity index (χ1n) is 7.79. The molecule has 1 heterocycles. The molecule has 18 heavy (non-hydrogen) atoms. The summed E-state index contributed by atoms with van der Waals surface area (Å²) in [5.41, 5.74) is 3.00. The number of hydrogen-bond acceptors (Lipinski definition) is 1. The Hall–Kier alpha value is 0.00870. The Morgan fingerprint density at radius 2 is 1.56 bits per heavy atom. The Kier molecular flexibility index (Phi) is 8.03. The van der Waals surface area contributed by atoms with Gasteiger partial charge in [-0.3, -0.25) is 0 Å². The molecule has 0 bridgehead atoms. The van der Waals surface area contributed by atoms with Gasteiger partial charge >= 0.3 is 126 Å². The predicted molar refractivity (Wildman–Crippen MR) is 83.9 cm³/mol. The summed E-state index contributed by atoms with van der Waals surface area (Å²) >= 11 is 0.525. The van der Waals surface area contributed by atoms with E-state index in [2.05, 4.69) is 25.3 Å². The van der Waals surface area contributed by atoms with Crippen LogP contribution in [0.3, 0.4) is 0 Å². The van der Waals surface area contributed by atoms with Crippen LogP contribution in [-0.4, -0.2) is 32.1 Å². The molecule has 0 fully saturated rings. The predicted octanol–water partition coefficient (Wildman–Crippen LogP) is 2.36. The number of hydrogen-bond donors (Lipinski definition) is 0. The van der Waals surface area contributed by atoms with Crippen molar-refractivity contribution in [3.63, 3.8) is 0 Å². The second-order valence-corrected chi connectivity index (χ2v) is 7.82. The second kappa shape index (κ2) is 9.00. The maximum atomic E-state index is 4.91. The zero-order valence-corrected chi connectivity index (χ0v) is 18.5. The van der Waals surface area contributed by atoms with Crippen LogP contribution < -0.4 is 3.84 Å². The number of aromatic nitrogens is 2. The number of imidazole rings is 1. The SMILES string of the molecule is CCCCc1n[c]([SnH3])n(CCCC)c1CCCC. The first-order chi connectivity index (χ1) is 8.74. The second-order valence-electron chi connectivity index (χ2n) is 5.26. The van der Waals surface area contributed by atoms with Crippen molar-refractivity contribution in [1.29, 1.82) is 0 Å². The van der Waals surface area contributed by atoms with E-state index in [0.29, 0.717) is 22.5 Å². The molecule has 0 radical (unpaired) electrons. The summed E-state index contributed by atoms with van der Waals surface area (Å²) in [6.45, 7) is 8.03. The Labute approximate surface area is 126 Å². The fourth-order valence-corrected chi connectivity index (χ4v) is 4.63. The Balaban J connectivity index is 2.86. The minimum absolute atomic E-state index is 0.525.